The number of hydrogen-bond donors (Lipinski definition) is 2. The average molecular weight is 184 g/mol. The maximum Gasteiger partial charge on any atom is 0.237 e. The lowest BCUT2D eigenvalue weighted by molar-refractivity contribution is -0.122. The summed E-state index contributed by atoms with van der Waals surface area (Å²) in [7, 11) is 0. The van der Waals surface area contributed by atoms with Gasteiger partial charge in [-0.1, -0.05) is 31.9 Å². The fraction of sp³-hybridized carbons (Fsp3) is 0.700. The van der Waals surface area contributed by atoms with Crippen LogP contribution in [0.5, 0.6) is 0 Å². The van der Waals surface area contributed by atoms with E-state index >= 15 is 0 Å². The first-order valence-corrected chi connectivity index (χ1v) is 4.75. The van der Waals surface area contributed by atoms with E-state index in [0.29, 0.717) is 6.54 Å². The smallest absolute Gasteiger partial charge is 0.237 e. The quantitative estimate of drug-likeness (QED) is 0.609. The zero-order valence-electron chi connectivity index (χ0n) is 8.60. The lowest BCUT2D eigenvalue weighted by Crippen LogP contribution is -2.41. The van der Waals surface area contributed by atoms with Gasteiger partial charge in [0.25, 0.3) is 0 Å². The highest BCUT2D eigenvalue weighted by molar-refractivity contribution is 5.81. The number of nitrogens with two attached hydrogens (primary N) is 1. The Morgan fingerprint density at radius 1 is 1.62 bits per heavy atom. The molecule has 3 nitrogen and oxygen atoms in total. The highest BCUT2D eigenvalue weighted by Gasteiger charge is 2.11. The minimum Gasteiger partial charge on any atom is -0.351 e. The summed E-state index contributed by atoms with van der Waals surface area (Å²) in [6.07, 6.45) is 2.83. The number of unbranched alkanes of at least 4 members (excludes halogenated alkanes) is 1. The van der Waals surface area contributed by atoms with E-state index in [9.17, 15) is 4.79 Å². The van der Waals surface area contributed by atoms with Crippen LogP contribution < -0.4 is 11.1 Å². The molecule has 0 saturated heterocycles. The van der Waals surface area contributed by atoms with E-state index in [4.69, 9.17) is 5.73 Å². The van der Waals surface area contributed by atoms with Crippen LogP contribution in [0.1, 0.15) is 33.1 Å². The Morgan fingerprint density at radius 3 is 2.69 bits per heavy atom. The van der Waals surface area contributed by atoms with E-state index < -0.39 is 0 Å². The highest BCUT2D eigenvalue weighted by Crippen LogP contribution is 1.98. The lowest BCUT2D eigenvalue weighted by atomic mass is 10.1. The third-order valence-corrected chi connectivity index (χ3v) is 1.77. The van der Waals surface area contributed by atoms with Crippen molar-refractivity contribution in [3.05, 3.63) is 12.2 Å². The van der Waals surface area contributed by atoms with E-state index in [0.717, 1.165) is 24.8 Å². The van der Waals surface area contributed by atoms with Crippen molar-refractivity contribution in [3.63, 3.8) is 0 Å². The molecule has 3 N–H and O–H groups in total. The number of hydrogen-bond acceptors (Lipinski definition) is 2. The predicted octanol–water partition coefficient (Wildman–Crippen LogP) is 1.20. The van der Waals surface area contributed by atoms with E-state index in [-0.39, 0.29) is 11.9 Å². The van der Waals surface area contributed by atoms with Crippen LogP contribution in [0.25, 0.3) is 0 Å². The molecule has 0 fully saturated rings. The zero-order valence-corrected chi connectivity index (χ0v) is 8.60. The molecule has 0 spiro atoms. The molecule has 0 aliphatic heterocycles. The van der Waals surface area contributed by atoms with E-state index in [1.807, 2.05) is 6.92 Å². The van der Waals surface area contributed by atoms with Crippen LogP contribution in [0.2, 0.25) is 0 Å². The summed E-state index contributed by atoms with van der Waals surface area (Å²) in [5, 5.41) is 2.73. The number of rotatable bonds is 6. The summed E-state index contributed by atoms with van der Waals surface area (Å²) in [5.41, 5.74) is 6.59. The Labute approximate surface area is 80.4 Å². The van der Waals surface area contributed by atoms with Crippen molar-refractivity contribution in [1.82, 2.24) is 5.32 Å². The Bertz CT molecular complexity index is 178. The van der Waals surface area contributed by atoms with Crippen molar-refractivity contribution in [2.45, 2.75) is 39.2 Å². The molecule has 1 amide bonds. The van der Waals surface area contributed by atoms with Gasteiger partial charge in [0.1, 0.15) is 0 Å². The first kappa shape index (κ1) is 12.2. The summed E-state index contributed by atoms with van der Waals surface area (Å²) >= 11 is 0. The molecule has 0 radical (unpaired) electrons. The van der Waals surface area contributed by atoms with Crippen LogP contribution in [-0.2, 0) is 4.79 Å². The third kappa shape index (κ3) is 6.34. The normalized spacial score (nSPS) is 12.2. The van der Waals surface area contributed by atoms with Gasteiger partial charge in [0, 0.05) is 6.54 Å². The fourth-order valence-electron chi connectivity index (χ4n) is 0.924. The number of carbonyl (C=O) groups excluding carboxylic acids is 1. The molecular weight excluding hydrogens is 164 g/mol. The van der Waals surface area contributed by atoms with Crippen molar-refractivity contribution in [2.24, 2.45) is 5.73 Å². The van der Waals surface area contributed by atoms with Crippen molar-refractivity contribution in [3.8, 4) is 0 Å². The molecule has 76 valence electrons. The van der Waals surface area contributed by atoms with Gasteiger partial charge >= 0.3 is 0 Å². The van der Waals surface area contributed by atoms with Crippen molar-refractivity contribution < 1.29 is 4.79 Å². The second-order valence-corrected chi connectivity index (χ2v) is 3.42. The standard InChI is InChI=1S/C10H20N2O/c1-4-5-6-9(11)10(13)12-7-8(2)3/h9H,2,4-7,11H2,1,3H3,(H,12,13). The molecule has 13 heavy (non-hydrogen) atoms. The molecule has 0 aromatic heterocycles. The van der Waals surface area contributed by atoms with Crippen LogP contribution in [0.15, 0.2) is 12.2 Å². The first-order chi connectivity index (χ1) is 6.07. The van der Waals surface area contributed by atoms with Gasteiger partial charge in [-0.05, 0) is 13.3 Å². The fourth-order valence-corrected chi connectivity index (χ4v) is 0.924. The molecule has 0 aliphatic rings. The van der Waals surface area contributed by atoms with E-state index in [1.54, 1.807) is 0 Å². The topological polar surface area (TPSA) is 55.1 Å². The molecule has 0 heterocycles. The molecule has 0 aromatic carbocycles. The molecule has 3 heteroatoms. The number of carbonyl (C=O) groups is 1. The molecule has 0 aromatic rings. The Balaban J connectivity index is 3.63. The zero-order chi connectivity index (χ0) is 10.3. The second kappa shape index (κ2) is 6.66. The maximum atomic E-state index is 11.3. The monoisotopic (exact) mass is 184 g/mol. The van der Waals surface area contributed by atoms with E-state index in [2.05, 4.69) is 18.8 Å². The molecule has 1 unspecified atom stereocenters. The summed E-state index contributed by atoms with van der Waals surface area (Å²) in [5.74, 6) is -0.0727. The minimum absolute atomic E-state index is 0.0727. The van der Waals surface area contributed by atoms with Crippen LogP contribution in [0.3, 0.4) is 0 Å². The molecule has 0 bridgehead atoms. The summed E-state index contributed by atoms with van der Waals surface area (Å²) in [6.45, 7) is 8.17. The SMILES string of the molecule is C=C(C)CNC(=O)C(N)CCCC. The Morgan fingerprint density at radius 2 is 2.23 bits per heavy atom. The van der Waals surface area contributed by atoms with Crippen LogP contribution in [-0.4, -0.2) is 18.5 Å². The lowest BCUT2D eigenvalue weighted by Gasteiger charge is -2.11. The minimum atomic E-state index is -0.362. The molecule has 1 atom stereocenters. The van der Waals surface area contributed by atoms with Crippen molar-refractivity contribution in [2.75, 3.05) is 6.54 Å². The van der Waals surface area contributed by atoms with Gasteiger partial charge < -0.3 is 11.1 Å². The van der Waals surface area contributed by atoms with Gasteiger partial charge in [-0.3, -0.25) is 4.79 Å². The predicted molar refractivity (Wildman–Crippen MR) is 55.3 cm³/mol. The van der Waals surface area contributed by atoms with Gasteiger partial charge in [-0.2, -0.15) is 0 Å². The Kier molecular flexibility index (Phi) is 6.24. The van der Waals surface area contributed by atoms with Crippen molar-refractivity contribution in [1.29, 1.82) is 0 Å². The molecular formula is C10H20N2O. The largest absolute Gasteiger partial charge is 0.351 e. The first-order valence-electron chi connectivity index (χ1n) is 4.75. The maximum absolute atomic E-state index is 11.3. The second-order valence-electron chi connectivity index (χ2n) is 3.42. The van der Waals surface area contributed by atoms with E-state index in [1.165, 1.54) is 0 Å². The van der Waals surface area contributed by atoms with Gasteiger partial charge in [0.2, 0.25) is 5.91 Å². The number of amides is 1. The van der Waals surface area contributed by atoms with Crippen LogP contribution in [0, 0.1) is 0 Å². The van der Waals surface area contributed by atoms with Gasteiger partial charge in [0.05, 0.1) is 6.04 Å². The van der Waals surface area contributed by atoms with Crippen LogP contribution in [0.4, 0.5) is 0 Å². The highest BCUT2D eigenvalue weighted by atomic mass is 16.2. The molecule has 0 aliphatic carbocycles. The Hall–Kier alpha value is -0.830. The van der Waals surface area contributed by atoms with Gasteiger partial charge in [0.15, 0.2) is 0 Å². The van der Waals surface area contributed by atoms with Gasteiger partial charge in [-0.15, -0.1) is 0 Å². The summed E-state index contributed by atoms with van der Waals surface area (Å²) in [4.78, 5) is 11.3. The summed E-state index contributed by atoms with van der Waals surface area (Å²) in [6, 6.07) is -0.362. The average Bonchev–Trinajstić information content (AvgIpc) is 2.10. The van der Waals surface area contributed by atoms with Crippen LogP contribution >= 0.6 is 0 Å². The number of nitrogens with one attached hydrogen (secondary N) is 1. The van der Waals surface area contributed by atoms with Gasteiger partial charge in [-0.25, -0.2) is 0 Å². The molecule has 0 saturated carbocycles. The molecule has 0 rings (SSSR count). The third-order valence-electron chi connectivity index (χ3n) is 1.77. The van der Waals surface area contributed by atoms with Crippen molar-refractivity contribution >= 4 is 5.91 Å². The summed E-state index contributed by atoms with van der Waals surface area (Å²) < 4.78 is 0.